The molecule has 1 aromatic heterocycles. The molecule has 0 aliphatic heterocycles. The van der Waals surface area contributed by atoms with Crippen molar-refractivity contribution in [2.45, 2.75) is 18.6 Å². The molecule has 2 aromatic carbocycles. The lowest BCUT2D eigenvalue weighted by atomic mass is 10.1. The normalized spacial score (nSPS) is 10.5. The number of rotatable bonds is 8. The molecular formula is C21H21N5O2S. The SMILES string of the molecule is COCCn1c(SCC(=O)Nc2cccc(C#N)c2)nnc1-c1cccc(C)c1. The van der Waals surface area contributed by atoms with Crippen LogP contribution in [-0.2, 0) is 16.1 Å². The van der Waals surface area contributed by atoms with Crippen LogP contribution in [0.4, 0.5) is 5.69 Å². The number of nitrogens with one attached hydrogen (secondary N) is 1. The summed E-state index contributed by atoms with van der Waals surface area (Å²) in [5, 5.41) is 21.0. The maximum atomic E-state index is 12.3. The van der Waals surface area contributed by atoms with E-state index in [0.29, 0.717) is 29.6 Å². The zero-order valence-corrected chi connectivity index (χ0v) is 17.1. The third-order valence-electron chi connectivity index (χ3n) is 4.12. The number of benzene rings is 2. The molecule has 0 aliphatic carbocycles. The lowest BCUT2D eigenvalue weighted by Crippen LogP contribution is -2.15. The minimum Gasteiger partial charge on any atom is -0.383 e. The van der Waals surface area contributed by atoms with Crippen molar-refractivity contribution < 1.29 is 9.53 Å². The molecule has 8 heteroatoms. The quantitative estimate of drug-likeness (QED) is 0.575. The molecule has 1 amide bonds. The molecule has 0 unspecified atom stereocenters. The van der Waals surface area contributed by atoms with Gasteiger partial charge in [-0.05, 0) is 31.2 Å². The van der Waals surface area contributed by atoms with E-state index in [9.17, 15) is 4.79 Å². The average Bonchev–Trinajstić information content (AvgIpc) is 3.13. The van der Waals surface area contributed by atoms with E-state index in [-0.39, 0.29) is 11.7 Å². The Hall–Kier alpha value is -3.15. The first-order valence-corrected chi connectivity index (χ1v) is 10.0. The number of aryl methyl sites for hydroxylation is 1. The van der Waals surface area contributed by atoms with Crippen LogP contribution in [0, 0.1) is 18.3 Å². The summed E-state index contributed by atoms with van der Waals surface area (Å²) in [4.78, 5) is 12.3. The van der Waals surface area contributed by atoms with Crippen LogP contribution in [0.3, 0.4) is 0 Å². The van der Waals surface area contributed by atoms with Crippen LogP contribution in [0.25, 0.3) is 11.4 Å². The van der Waals surface area contributed by atoms with Crippen molar-refractivity contribution in [1.29, 1.82) is 5.26 Å². The van der Waals surface area contributed by atoms with Crippen LogP contribution in [0.1, 0.15) is 11.1 Å². The molecule has 0 aliphatic rings. The standard InChI is InChI=1S/C21H21N5O2S/c1-15-5-3-7-17(11-15)20-24-25-21(26(20)9-10-28-2)29-14-19(27)23-18-8-4-6-16(12-18)13-22/h3-8,11-12H,9-10,14H2,1-2H3,(H,23,27). The fourth-order valence-corrected chi connectivity index (χ4v) is 3.54. The van der Waals surface area contributed by atoms with Crippen molar-refractivity contribution >= 4 is 23.4 Å². The second-order valence-electron chi connectivity index (χ2n) is 6.35. The molecule has 7 nitrogen and oxygen atoms in total. The molecule has 0 fully saturated rings. The topological polar surface area (TPSA) is 92.8 Å². The number of hydrogen-bond acceptors (Lipinski definition) is 6. The molecule has 3 rings (SSSR count). The Morgan fingerprint density at radius 2 is 2.07 bits per heavy atom. The Morgan fingerprint density at radius 3 is 2.83 bits per heavy atom. The van der Waals surface area contributed by atoms with E-state index in [1.165, 1.54) is 11.8 Å². The summed E-state index contributed by atoms with van der Waals surface area (Å²) >= 11 is 1.31. The van der Waals surface area contributed by atoms with Crippen molar-refractivity contribution in [1.82, 2.24) is 14.8 Å². The third kappa shape index (κ3) is 5.44. The Morgan fingerprint density at radius 1 is 1.24 bits per heavy atom. The average molecular weight is 407 g/mol. The molecule has 29 heavy (non-hydrogen) atoms. The molecule has 0 saturated carbocycles. The molecule has 3 aromatic rings. The second kappa shape index (κ2) is 9.87. The number of carbonyl (C=O) groups is 1. The molecule has 1 N–H and O–H groups in total. The Labute approximate surface area is 173 Å². The second-order valence-corrected chi connectivity index (χ2v) is 7.29. The zero-order valence-electron chi connectivity index (χ0n) is 16.3. The van der Waals surface area contributed by atoms with Gasteiger partial charge in [-0.1, -0.05) is 41.6 Å². The Bertz CT molecular complexity index is 1040. The van der Waals surface area contributed by atoms with E-state index in [2.05, 4.69) is 27.6 Å². The molecule has 0 bridgehead atoms. The molecule has 0 saturated heterocycles. The summed E-state index contributed by atoms with van der Waals surface area (Å²) in [5.74, 6) is 0.745. The number of carbonyl (C=O) groups excluding carboxylic acids is 1. The Kier molecular flexibility index (Phi) is 7.00. The van der Waals surface area contributed by atoms with Crippen LogP contribution in [0.15, 0.2) is 53.7 Å². The molecular weight excluding hydrogens is 386 g/mol. The lowest BCUT2D eigenvalue weighted by molar-refractivity contribution is -0.113. The number of anilines is 1. The van der Waals surface area contributed by atoms with E-state index < -0.39 is 0 Å². The highest BCUT2D eigenvalue weighted by atomic mass is 32.2. The molecule has 0 radical (unpaired) electrons. The smallest absolute Gasteiger partial charge is 0.234 e. The van der Waals surface area contributed by atoms with E-state index >= 15 is 0 Å². The van der Waals surface area contributed by atoms with Crippen LogP contribution in [0.2, 0.25) is 0 Å². The van der Waals surface area contributed by atoms with Crippen molar-refractivity contribution in [3.8, 4) is 17.5 Å². The maximum Gasteiger partial charge on any atom is 0.234 e. The minimum atomic E-state index is -0.177. The molecule has 148 valence electrons. The number of aromatic nitrogens is 3. The van der Waals surface area contributed by atoms with Crippen molar-refractivity contribution in [2.24, 2.45) is 0 Å². The number of thioether (sulfide) groups is 1. The van der Waals surface area contributed by atoms with Gasteiger partial charge < -0.3 is 10.1 Å². The summed E-state index contributed by atoms with van der Waals surface area (Å²) in [7, 11) is 1.65. The lowest BCUT2D eigenvalue weighted by Gasteiger charge is -2.10. The monoisotopic (exact) mass is 407 g/mol. The highest BCUT2D eigenvalue weighted by molar-refractivity contribution is 7.99. The predicted molar refractivity (Wildman–Crippen MR) is 113 cm³/mol. The number of hydrogen-bond donors (Lipinski definition) is 1. The van der Waals surface area contributed by atoms with E-state index in [1.54, 1.807) is 31.4 Å². The van der Waals surface area contributed by atoms with Crippen LogP contribution in [0.5, 0.6) is 0 Å². The van der Waals surface area contributed by atoms with Gasteiger partial charge in [-0.15, -0.1) is 10.2 Å². The van der Waals surface area contributed by atoms with Crippen molar-refractivity contribution in [2.75, 3.05) is 24.8 Å². The van der Waals surface area contributed by atoms with Crippen LogP contribution >= 0.6 is 11.8 Å². The third-order valence-corrected chi connectivity index (χ3v) is 5.09. The van der Waals surface area contributed by atoms with Gasteiger partial charge in [0, 0.05) is 18.4 Å². The number of amides is 1. The van der Waals surface area contributed by atoms with E-state index in [0.717, 1.165) is 17.0 Å². The Balaban J connectivity index is 1.73. The van der Waals surface area contributed by atoms with Gasteiger partial charge in [0.2, 0.25) is 5.91 Å². The fraction of sp³-hybridized carbons (Fsp3) is 0.238. The zero-order chi connectivity index (χ0) is 20.6. The highest BCUT2D eigenvalue weighted by Gasteiger charge is 2.16. The van der Waals surface area contributed by atoms with Crippen LogP contribution in [-0.4, -0.2) is 40.1 Å². The summed E-state index contributed by atoms with van der Waals surface area (Å²) in [5.41, 5.74) is 3.20. The number of nitriles is 1. The van der Waals surface area contributed by atoms with Gasteiger partial charge in [-0.25, -0.2) is 0 Å². The van der Waals surface area contributed by atoms with Crippen molar-refractivity contribution in [3.63, 3.8) is 0 Å². The summed E-state index contributed by atoms with van der Waals surface area (Å²) in [6.07, 6.45) is 0. The van der Waals surface area contributed by atoms with Crippen LogP contribution < -0.4 is 5.32 Å². The molecule has 1 heterocycles. The fourth-order valence-electron chi connectivity index (χ4n) is 2.77. The first-order valence-electron chi connectivity index (χ1n) is 9.02. The summed E-state index contributed by atoms with van der Waals surface area (Å²) < 4.78 is 7.18. The molecule has 0 atom stereocenters. The predicted octanol–water partition coefficient (Wildman–Crippen LogP) is 3.50. The van der Waals surface area contributed by atoms with E-state index in [1.807, 2.05) is 29.7 Å². The van der Waals surface area contributed by atoms with Gasteiger partial charge >= 0.3 is 0 Å². The first kappa shape index (κ1) is 20.6. The number of methoxy groups -OCH3 is 1. The van der Waals surface area contributed by atoms with Gasteiger partial charge in [-0.2, -0.15) is 5.26 Å². The van der Waals surface area contributed by atoms with Gasteiger partial charge in [0.05, 0.1) is 30.5 Å². The van der Waals surface area contributed by atoms with Gasteiger partial charge in [0.15, 0.2) is 11.0 Å². The van der Waals surface area contributed by atoms with E-state index in [4.69, 9.17) is 10.00 Å². The van der Waals surface area contributed by atoms with Gasteiger partial charge in [0.1, 0.15) is 0 Å². The van der Waals surface area contributed by atoms with Crippen molar-refractivity contribution in [3.05, 3.63) is 59.7 Å². The summed E-state index contributed by atoms with van der Waals surface area (Å²) in [6, 6.07) is 16.9. The number of ether oxygens (including phenoxy) is 1. The maximum absolute atomic E-state index is 12.3. The largest absolute Gasteiger partial charge is 0.383 e. The summed E-state index contributed by atoms with van der Waals surface area (Å²) in [6.45, 7) is 3.12. The minimum absolute atomic E-state index is 0.176. The van der Waals surface area contributed by atoms with Gasteiger partial charge in [-0.3, -0.25) is 9.36 Å². The first-order chi connectivity index (χ1) is 14.1. The number of nitrogens with zero attached hydrogens (tertiary/aromatic N) is 4. The highest BCUT2D eigenvalue weighted by Crippen LogP contribution is 2.25. The van der Waals surface area contributed by atoms with Gasteiger partial charge in [0.25, 0.3) is 0 Å². The molecule has 0 spiro atoms.